The number of thiocarbonyl (C=S) groups is 1. The van der Waals surface area contributed by atoms with Crippen molar-refractivity contribution in [2.24, 2.45) is 5.84 Å². The van der Waals surface area contributed by atoms with Crippen LogP contribution < -0.4 is 16.9 Å². The van der Waals surface area contributed by atoms with Crippen molar-refractivity contribution in [3.63, 3.8) is 0 Å². The summed E-state index contributed by atoms with van der Waals surface area (Å²) in [6.07, 6.45) is 3.41. The molecule has 1 aliphatic heterocycles. The van der Waals surface area contributed by atoms with Crippen LogP contribution in [0, 0.1) is 4.64 Å². The van der Waals surface area contributed by atoms with Gasteiger partial charge in [0.15, 0.2) is 5.95 Å². The van der Waals surface area contributed by atoms with Gasteiger partial charge in [-0.15, -0.1) is 0 Å². The van der Waals surface area contributed by atoms with Gasteiger partial charge in [0.1, 0.15) is 16.3 Å². The monoisotopic (exact) mass is 476 g/mol. The van der Waals surface area contributed by atoms with E-state index >= 15 is 0 Å². The Bertz CT molecular complexity index is 1160. The molecule has 0 atom stereocenters. The molecular weight excluding hydrogens is 459 g/mol. The van der Waals surface area contributed by atoms with Crippen LogP contribution in [0.4, 0.5) is 5.95 Å². The minimum absolute atomic E-state index is 0.302. The standard InChI is InChI=1S/C10H10ClN3S.C10H8ClN3S/c11-9-4-2-1-3-7(9)8-5-14(12)6-13-10(8)15;11-8-4-2-1-3-6(8)7-5-13-10(12)14-9(7)15/h1-5H,6,12H2,(H,13,15);1-5H,(H3,12,13,14,15). The third-order valence-corrected chi connectivity index (χ3v) is 5.45. The predicted octanol–water partition coefficient (Wildman–Crippen LogP) is 4.79. The Balaban J connectivity index is 0.000000171. The molecule has 0 unspecified atom stereocenters. The molecular formula is C20H18Cl2N6S2. The second-order valence-corrected chi connectivity index (χ2v) is 7.82. The van der Waals surface area contributed by atoms with E-state index in [9.17, 15) is 0 Å². The highest BCUT2D eigenvalue weighted by Crippen LogP contribution is 2.27. The molecule has 10 heteroatoms. The molecule has 1 aromatic heterocycles. The minimum atomic E-state index is 0.302. The van der Waals surface area contributed by atoms with Crippen molar-refractivity contribution in [2.75, 3.05) is 12.4 Å². The van der Waals surface area contributed by atoms with Gasteiger partial charge in [-0.3, -0.25) is 5.01 Å². The molecule has 30 heavy (non-hydrogen) atoms. The van der Waals surface area contributed by atoms with Crippen molar-refractivity contribution in [3.8, 4) is 11.1 Å². The number of nitrogens with two attached hydrogens (primary N) is 2. The number of benzene rings is 2. The molecule has 0 fully saturated rings. The van der Waals surface area contributed by atoms with E-state index in [0.29, 0.717) is 32.3 Å². The molecule has 154 valence electrons. The first-order chi connectivity index (χ1) is 14.4. The van der Waals surface area contributed by atoms with Crippen molar-refractivity contribution < 1.29 is 0 Å². The van der Waals surface area contributed by atoms with Crippen LogP contribution in [-0.2, 0) is 0 Å². The largest absolute Gasteiger partial charge is 0.369 e. The summed E-state index contributed by atoms with van der Waals surface area (Å²) in [5.74, 6) is 5.97. The molecule has 0 amide bonds. The summed E-state index contributed by atoms with van der Waals surface area (Å²) in [7, 11) is 0. The zero-order chi connectivity index (χ0) is 21.7. The summed E-state index contributed by atoms with van der Waals surface area (Å²) in [6.45, 7) is 0.521. The fraction of sp³-hybridized carbons (Fsp3) is 0.0500. The maximum atomic E-state index is 6.08. The zero-order valence-corrected chi connectivity index (χ0v) is 18.7. The SMILES string of the molecule is NN1C=C(c2ccccc2Cl)C(=S)NC1.Nc1ncc(-c2ccccc2Cl)c(=S)[nH]1. The molecule has 0 aliphatic carbocycles. The van der Waals surface area contributed by atoms with Gasteiger partial charge in [-0.2, -0.15) is 0 Å². The van der Waals surface area contributed by atoms with Gasteiger partial charge < -0.3 is 16.0 Å². The van der Waals surface area contributed by atoms with Crippen LogP contribution in [0.5, 0.6) is 0 Å². The molecule has 1 aliphatic rings. The van der Waals surface area contributed by atoms with Gasteiger partial charge in [0.2, 0.25) is 0 Å². The van der Waals surface area contributed by atoms with E-state index in [-0.39, 0.29) is 0 Å². The van der Waals surface area contributed by atoms with E-state index < -0.39 is 0 Å². The highest BCUT2D eigenvalue weighted by molar-refractivity contribution is 7.81. The van der Waals surface area contributed by atoms with Crippen molar-refractivity contribution in [1.82, 2.24) is 20.3 Å². The summed E-state index contributed by atoms with van der Waals surface area (Å²) in [5.41, 5.74) is 8.86. The fourth-order valence-electron chi connectivity index (χ4n) is 2.68. The van der Waals surface area contributed by atoms with Gasteiger partial charge in [0.25, 0.3) is 0 Å². The van der Waals surface area contributed by atoms with Gasteiger partial charge in [-0.25, -0.2) is 10.8 Å². The summed E-state index contributed by atoms with van der Waals surface area (Å²) in [6, 6.07) is 15.0. The van der Waals surface area contributed by atoms with Crippen LogP contribution >= 0.6 is 47.6 Å². The van der Waals surface area contributed by atoms with E-state index in [2.05, 4.69) is 15.3 Å². The normalized spacial score (nSPS) is 13.1. The Hall–Kier alpha value is -2.49. The number of rotatable bonds is 2. The Kier molecular flexibility index (Phi) is 7.41. The number of H-pyrrole nitrogens is 1. The van der Waals surface area contributed by atoms with Crippen LogP contribution in [-0.4, -0.2) is 26.6 Å². The molecule has 6 nitrogen and oxygen atoms in total. The van der Waals surface area contributed by atoms with E-state index in [1.807, 2.05) is 48.5 Å². The van der Waals surface area contributed by atoms with Gasteiger partial charge in [0.05, 0.1) is 0 Å². The highest BCUT2D eigenvalue weighted by Gasteiger charge is 2.16. The van der Waals surface area contributed by atoms with Crippen LogP contribution in [0.3, 0.4) is 0 Å². The molecule has 0 saturated carbocycles. The summed E-state index contributed by atoms with van der Waals surface area (Å²) >= 11 is 22.5. The second-order valence-electron chi connectivity index (χ2n) is 6.19. The van der Waals surface area contributed by atoms with Gasteiger partial charge >= 0.3 is 0 Å². The Labute approximate surface area is 194 Å². The molecule has 0 saturated heterocycles. The Morgan fingerprint density at radius 2 is 1.53 bits per heavy atom. The lowest BCUT2D eigenvalue weighted by molar-refractivity contribution is 0.382. The molecule has 0 radical (unpaired) electrons. The van der Waals surface area contributed by atoms with Crippen molar-refractivity contribution in [2.45, 2.75) is 0 Å². The lowest BCUT2D eigenvalue weighted by Gasteiger charge is -2.24. The quantitative estimate of drug-likeness (QED) is 0.312. The van der Waals surface area contributed by atoms with E-state index in [4.69, 9.17) is 59.2 Å². The molecule has 4 rings (SSSR count). The number of aromatic amines is 1. The molecule has 6 N–H and O–H groups in total. The maximum Gasteiger partial charge on any atom is 0.198 e. The van der Waals surface area contributed by atoms with Crippen LogP contribution in [0.1, 0.15) is 5.56 Å². The number of nitrogen functional groups attached to an aromatic ring is 1. The summed E-state index contributed by atoms with van der Waals surface area (Å²) in [4.78, 5) is 7.41. The minimum Gasteiger partial charge on any atom is -0.369 e. The average Bonchev–Trinajstić information content (AvgIpc) is 2.72. The molecule has 0 bridgehead atoms. The van der Waals surface area contributed by atoms with Gasteiger partial charge in [-0.05, 0) is 12.1 Å². The number of hydrazine groups is 1. The fourth-order valence-corrected chi connectivity index (χ4v) is 3.65. The lowest BCUT2D eigenvalue weighted by Crippen LogP contribution is -2.42. The highest BCUT2D eigenvalue weighted by atomic mass is 35.5. The molecule has 3 aromatic rings. The van der Waals surface area contributed by atoms with Crippen LogP contribution in [0.15, 0.2) is 60.9 Å². The van der Waals surface area contributed by atoms with Crippen molar-refractivity contribution in [3.05, 3.63) is 81.2 Å². The molecule has 0 spiro atoms. The van der Waals surface area contributed by atoms with E-state index in [1.54, 1.807) is 12.4 Å². The second kappa shape index (κ2) is 10.0. The van der Waals surface area contributed by atoms with Crippen molar-refractivity contribution >= 4 is 64.1 Å². The van der Waals surface area contributed by atoms with Crippen LogP contribution in [0.25, 0.3) is 16.7 Å². The van der Waals surface area contributed by atoms with E-state index in [1.165, 1.54) is 5.01 Å². The average molecular weight is 477 g/mol. The first-order valence-corrected chi connectivity index (χ1v) is 10.3. The molecule has 2 aromatic carbocycles. The summed E-state index contributed by atoms with van der Waals surface area (Å²) in [5, 5.41) is 5.86. The summed E-state index contributed by atoms with van der Waals surface area (Å²) < 4.78 is 0.538. The number of aromatic nitrogens is 2. The number of anilines is 1. The topological polar surface area (TPSA) is 96.0 Å². The number of halogens is 2. The predicted molar refractivity (Wildman–Crippen MR) is 130 cm³/mol. The lowest BCUT2D eigenvalue weighted by atomic mass is 10.1. The Morgan fingerprint density at radius 3 is 2.13 bits per heavy atom. The molecule has 2 heterocycles. The maximum absolute atomic E-state index is 6.08. The first kappa shape index (κ1) is 22.2. The number of nitrogens with zero attached hydrogens (tertiary/aromatic N) is 2. The van der Waals surface area contributed by atoms with Crippen molar-refractivity contribution in [1.29, 1.82) is 0 Å². The number of hydrogen-bond acceptors (Lipinski definition) is 6. The number of hydrogen-bond donors (Lipinski definition) is 4. The van der Waals surface area contributed by atoms with Gasteiger partial charge in [0, 0.05) is 44.7 Å². The zero-order valence-electron chi connectivity index (χ0n) is 15.6. The van der Waals surface area contributed by atoms with E-state index in [0.717, 1.165) is 22.3 Å². The van der Waals surface area contributed by atoms with Crippen LogP contribution in [0.2, 0.25) is 10.0 Å². The third kappa shape index (κ3) is 5.35. The first-order valence-electron chi connectivity index (χ1n) is 8.72. The smallest absolute Gasteiger partial charge is 0.198 e. The Morgan fingerprint density at radius 1 is 0.933 bits per heavy atom. The van der Waals surface area contributed by atoms with Gasteiger partial charge in [-0.1, -0.05) is 84.0 Å². The third-order valence-electron chi connectivity index (χ3n) is 4.11. The number of nitrogens with one attached hydrogen (secondary N) is 2.